The van der Waals surface area contributed by atoms with Crippen molar-refractivity contribution in [3.8, 4) is 0 Å². The molecule has 0 aromatic heterocycles. The van der Waals surface area contributed by atoms with Gasteiger partial charge in [0.1, 0.15) is 5.78 Å². The van der Waals surface area contributed by atoms with Gasteiger partial charge in [-0.15, -0.1) is 0 Å². The van der Waals surface area contributed by atoms with Crippen molar-refractivity contribution in [1.82, 2.24) is 0 Å². The maximum absolute atomic E-state index is 11.9. The molecule has 0 aliphatic heterocycles. The quantitative estimate of drug-likeness (QED) is 0.453. The van der Waals surface area contributed by atoms with Crippen LogP contribution in [0.4, 0.5) is 0 Å². The fourth-order valence-corrected chi connectivity index (χ4v) is 3.15. The Kier molecular flexibility index (Phi) is 11.3. The van der Waals surface area contributed by atoms with Crippen molar-refractivity contribution < 1.29 is 24.9 Å². The van der Waals surface area contributed by atoms with Crippen molar-refractivity contribution in [1.29, 1.82) is 0 Å². The monoisotopic (exact) mass is 376 g/mol. The molecule has 3 N–H and O–H groups in total. The predicted octanol–water partition coefficient (Wildman–Crippen LogP) is 3.58. The van der Waals surface area contributed by atoms with E-state index in [4.69, 9.17) is 5.11 Å². The van der Waals surface area contributed by atoms with E-state index in [0.29, 0.717) is 6.42 Å². The first-order valence-corrected chi connectivity index (χ1v) is 9.69. The molecule has 0 aromatic carbocycles. The lowest BCUT2D eigenvalue weighted by molar-refractivity contribution is -0.137. The molecule has 0 unspecified atom stereocenters. The van der Waals surface area contributed by atoms with Crippen LogP contribution >= 0.6 is 0 Å². The summed E-state index contributed by atoms with van der Waals surface area (Å²) in [5, 5.41) is 28.9. The number of hydrogen-bond acceptors (Lipinski definition) is 4. The van der Waals surface area contributed by atoms with Gasteiger partial charge in [0.2, 0.25) is 0 Å². The van der Waals surface area contributed by atoms with Gasteiger partial charge >= 0.3 is 5.97 Å². The molecule has 1 fully saturated rings. The van der Waals surface area contributed by atoms with Crippen LogP contribution in [0.15, 0.2) is 48.6 Å². The third-order valence-corrected chi connectivity index (χ3v) is 4.62. The van der Waals surface area contributed by atoms with Crippen LogP contribution in [-0.2, 0) is 9.59 Å². The third-order valence-electron chi connectivity index (χ3n) is 4.62. The second-order valence-electron chi connectivity index (χ2n) is 6.84. The number of allylic oxidation sites excluding steroid dienone is 5. The second-order valence-corrected chi connectivity index (χ2v) is 6.84. The van der Waals surface area contributed by atoms with Gasteiger partial charge < -0.3 is 15.3 Å². The summed E-state index contributed by atoms with van der Waals surface area (Å²) in [7, 11) is 0. The van der Waals surface area contributed by atoms with Gasteiger partial charge in [0, 0.05) is 24.7 Å². The summed E-state index contributed by atoms with van der Waals surface area (Å²) in [6.07, 6.45) is 17.5. The van der Waals surface area contributed by atoms with E-state index in [1.54, 1.807) is 12.2 Å². The minimum atomic E-state index is -0.951. The van der Waals surface area contributed by atoms with Gasteiger partial charge in [0.25, 0.3) is 0 Å². The molecular weight excluding hydrogens is 344 g/mol. The lowest BCUT2D eigenvalue weighted by atomic mass is 9.89. The number of carbonyl (C=O) groups excluding carboxylic acids is 1. The van der Waals surface area contributed by atoms with E-state index in [1.165, 1.54) is 0 Å². The summed E-state index contributed by atoms with van der Waals surface area (Å²) in [6, 6.07) is 0. The number of hydrogen-bond donors (Lipinski definition) is 3. The summed E-state index contributed by atoms with van der Waals surface area (Å²) < 4.78 is 0. The minimum absolute atomic E-state index is 0.0507. The number of aliphatic hydroxyl groups excluding tert-OH is 2. The molecule has 5 heteroatoms. The molecule has 0 aromatic rings. The van der Waals surface area contributed by atoms with Crippen molar-refractivity contribution in [3.63, 3.8) is 0 Å². The second kappa shape index (κ2) is 13.2. The molecule has 0 heterocycles. The molecule has 0 amide bonds. The SMILES string of the molecule is CC/C=C\C/C=C/C/C=C\C[C@H](O)/C=C/[C@H]1[C@@H](O)CC(=O)[C@@H]1CCC(=O)O. The molecule has 0 bridgehead atoms. The number of carboxylic acid groups (broad SMARTS) is 1. The fraction of sp³-hybridized carbons (Fsp3) is 0.545. The lowest BCUT2D eigenvalue weighted by Crippen LogP contribution is -2.20. The van der Waals surface area contributed by atoms with E-state index >= 15 is 0 Å². The maximum Gasteiger partial charge on any atom is 0.303 e. The van der Waals surface area contributed by atoms with E-state index in [9.17, 15) is 19.8 Å². The standard InChI is InChI=1S/C22H32O5/c1-2-3-4-5-6-7-8-9-10-11-17(23)12-13-18-19(14-15-22(26)27)21(25)16-20(18)24/h3-4,6-7,9-10,12-13,17-20,23-24H,2,5,8,11,14-16H2,1H3,(H,26,27)/b4-3-,7-6+,10-9-,13-12+/t17-,18+,19+,20-/m0/s1. The van der Waals surface area contributed by atoms with Gasteiger partial charge in [-0.2, -0.15) is 0 Å². The number of carbonyl (C=O) groups is 2. The average molecular weight is 376 g/mol. The van der Waals surface area contributed by atoms with Crippen molar-refractivity contribution in [2.24, 2.45) is 11.8 Å². The topological polar surface area (TPSA) is 94.8 Å². The number of aliphatic carboxylic acids is 1. The molecule has 1 aliphatic carbocycles. The van der Waals surface area contributed by atoms with Crippen LogP contribution in [0.1, 0.15) is 51.9 Å². The molecular formula is C22H32O5. The molecule has 0 spiro atoms. The van der Waals surface area contributed by atoms with Gasteiger partial charge in [-0.1, -0.05) is 55.5 Å². The van der Waals surface area contributed by atoms with Crippen LogP contribution in [0.5, 0.6) is 0 Å². The Bertz CT molecular complexity index is 573. The van der Waals surface area contributed by atoms with Crippen LogP contribution in [0, 0.1) is 11.8 Å². The van der Waals surface area contributed by atoms with Crippen molar-refractivity contribution >= 4 is 11.8 Å². The summed E-state index contributed by atoms with van der Waals surface area (Å²) >= 11 is 0. The highest BCUT2D eigenvalue weighted by molar-refractivity contribution is 5.85. The number of Topliss-reactive ketones (excluding diaryl/α,β-unsaturated/α-hetero) is 1. The van der Waals surface area contributed by atoms with Crippen LogP contribution in [-0.4, -0.2) is 39.3 Å². The zero-order chi connectivity index (χ0) is 20.1. The van der Waals surface area contributed by atoms with Crippen molar-refractivity contribution in [3.05, 3.63) is 48.6 Å². The van der Waals surface area contributed by atoms with E-state index < -0.39 is 30.0 Å². The Morgan fingerprint density at radius 1 is 1.15 bits per heavy atom. The summed E-state index contributed by atoms with van der Waals surface area (Å²) in [5.41, 5.74) is 0. The Morgan fingerprint density at radius 3 is 2.41 bits per heavy atom. The highest BCUT2D eigenvalue weighted by Crippen LogP contribution is 2.33. The first-order chi connectivity index (χ1) is 13.0. The maximum atomic E-state index is 11.9. The number of rotatable bonds is 12. The zero-order valence-electron chi connectivity index (χ0n) is 16.0. The molecule has 5 nitrogen and oxygen atoms in total. The third kappa shape index (κ3) is 9.50. The van der Waals surface area contributed by atoms with Crippen LogP contribution in [0.2, 0.25) is 0 Å². The first-order valence-electron chi connectivity index (χ1n) is 9.69. The fourth-order valence-electron chi connectivity index (χ4n) is 3.15. The summed E-state index contributed by atoms with van der Waals surface area (Å²) in [4.78, 5) is 22.7. The van der Waals surface area contributed by atoms with Crippen LogP contribution in [0.3, 0.4) is 0 Å². The van der Waals surface area contributed by atoms with Crippen molar-refractivity contribution in [2.45, 2.75) is 64.1 Å². The molecule has 4 atom stereocenters. The van der Waals surface area contributed by atoms with Gasteiger partial charge in [-0.25, -0.2) is 0 Å². The first kappa shape index (κ1) is 23.1. The Morgan fingerprint density at radius 2 is 1.78 bits per heavy atom. The molecule has 0 saturated heterocycles. The van der Waals surface area contributed by atoms with Gasteiger partial charge in [-0.3, -0.25) is 9.59 Å². The number of carboxylic acids is 1. The van der Waals surface area contributed by atoms with Crippen LogP contribution in [0.25, 0.3) is 0 Å². The Balaban J connectivity index is 2.40. The van der Waals surface area contributed by atoms with E-state index in [-0.39, 0.29) is 25.0 Å². The van der Waals surface area contributed by atoms with E-state index in [2.05, 4.69) is 31.2 Å². The number of aliphatic hydroxyl groups is 2. The predicted molar refractivity (Wildman–Crippen MR) is 106 cm³/mol. The molecule has 1 aliphatic rings. The van der Waals surface area contributed by atoms with Crippen molar-refractivity contribution in [2.75, 3.05) is 0 Å². The summed E-state index contributed by atoms with van der Waals surface area (Å²) in [6.45, 7) is 2.10. The Labute approximate surface area is 161 Å². The molecule has 150 valence electrons. The molecule has 1 rings (SSSR count). The Hall–Kier alpha value is -1.98. The largest absolute Gasteiger partial charge is 0.481 e. The van der Waals surface area contributed by atoms with Gasteiger partial charge in [0.15, 0.2) is 0 Å². The van der Waals surface area contributed by atoms with Gasteiger partial charge in [-0.05, 0) is 32.1 Å². The average Bonchev–Trinajstić information content (AvgIpc) is 2.89. The van der Waals surface area contributed by atoms with E-state index in [0.717, 1.165) is 19.3 Å². The highest BCUT2D eigenvalue weighted by Gasteiger charge is 2.39. The zero-order valence-corrected chi connectivity index (χ0v) is 16.0. The summed E-state index contributed by atoms with van der Waals surface area (Å²) in [5.74, 6) is -1.96. The highest BCUT2D eigenvalue weighted by atomic mass is 16.4. The van der Waals surface area contributed by atoms with E-state index in [1.807, 2.05) is 12.2 Å². The smallest absolute Gasteiger partial charge is 0.303 e. The normalized spacial score (nSPS) is 24.9. The van der Waals surface area contributed by atoms with Gasteiger partial charge in [0.05, 0.1) is 12.2 Å². The molecule has 0 radical (unpaired) electrons. The minimum Gasteiger partial charge on any atom is -0.481 e. The number of ketones is 1. The van der Waals surface area contributed by atoms with Crippen LogP contribution < -0.4 is 0 Å². The lowest BCUT2D eigenvalue weighted by Gasteiger charge is -2.17. The molecule has 27 heavy (non-hydrogen) atoms. The molecule has 1 saturated carbocycles.